The number of nitrogens with zero attached hydrogens (tertiary/aromatic N) is 1. The quantitative estimate of drug-likeness (QED) is 0.693. The van der Waals surface area contributed by atoms with Crippen molar-refractivity contribution >= 4 is 16.1 Å². The Labute approximate surface area is 132 Å². The zero-order chi connectivity index (χ0) is 16.2. The van der Waals surface area contributed by atoms with Crippen LogP contribution in [-0.2, 0) is 10.0 Å². The Hall–Kier alpha value is -0.860. The number of aliphatic hydroxyl groups excluding tert-OH is 1. The lowest BCUT2D eigenvalue weighted by molar-refractivity contribution is 0.110. The molecule has 1 saturated heterocycles. The van der Waals surface area contributed by atoms with E-state index in [0.29, 0.717) is 6.54 Å². The summed E-state index contributed by atoms with van der Waals surface area (Å²) < 4.78 is 25.0. The van der Waals surface area contributed by atoms with Crippen molar-refractivity contribution in [3.63, 3.8) is 0 Å². The van der Waals surface area contributed by atoms with Crippen LogP contribution in [0.3, 0.4) is 0 Å². The van der Waals surface area contributed by atoms with Crippen molar-refractivity contribution in [3.8, 4) is 0 Å². The number of likely N-dealkylation sites (tertiary alicyclic amines) is 1. The molecule has 1 heterocycles. The summed E-state index contributed by atoms with van der Waals surface area (Å²) in [6.07, 6.45) is 6.72. The molecule has 0 unspecified atom stereocenters. The number of aliphatic hydroxyl groups is 1. The number of nitrogens with one attached hydrogen (secondary N) is 2. The molecule has 8 heteroatoms. The fourth-order valence-corrected chi connectivity index (χ4v) is 3.70. The highest BCUT2D eigenvalue weighted by molar-refractivity contribution is 7.88. The van der Waals surface area contributed by atoms with Gasteiger partial charge in [-0.05, 0) is 44.9 Å². The summed E-state index contributed by atoms with van der Waals surface area (Å²) in [5, 5.41) is 12.5. The van der Waals surface area contributed by atoms with Crippen LogP contribution in [0.5, 0.6) is 0 Å². The molecule has 0 radical (unpaired) electrons. The largest absolute Gasteiger partial charge is 0.393 e. The van der Waals surface area contributed by atoms with Crippen molar-refractivity contribution < 1.29 is 18.3 Å². The molecule has 1 aliphatic carbocycles. The van der Waals surface area contributed by atoms with E-state index in [0.717, 1.165) is 51.2 Å². The van der Waals surface area contributed by atoms with Crippen LogP contribution in [0.4, 0.5) is 4.79 Å². The minimum atomic E-state index is -3.24. The molecule has 3 N–H and O–H groups in total. The van der Waals surface area contributed by atoms with Gasteiger partial charge in [0, 0.05) is 25.2 Å². The fraction of sp³-hybridized carbons (Fsp3) is 0.929. The number of urea groups is 1. The van der Waals surface area contributed by atoms with E-state index in [2.05, 4.69) is 10.0 Å². The van der Waals surface area contributed by atoms with Gasteiger partial charge in [-0.3, -0.25) is 0 Å². The molecule has 1 aliphatic heterocycles. The summed E-state index contributed by atoms with van der Waals surface area (Å²) in [5.41, 5.74) is 0. The molecule has 2 fully saturated rings. The maximum Gasteiger partial charge on any atom is 0.317 e. The van der Waals surface area contributed by atoms with Gasteiger partial charge >= 0.3 is 6.03 Å². The van der Waals surface area contributed by atoms with Crippen LogP contribution < -0.4 is 10.0 Å². The van der Waals surface area contributed by atoms with E-state index in [-0.39, 0.29) is 30.8 Å². The van der Waals surface area contributed by atoms with Crippen LogP contribution in [-0.4, -0.2) is 62.0 Å². The molecule has 128 valence electrons. The zero-order valence-corrected chi connectivity index (χ0v) is 13.9. The minimum Gasteiger partial charge on any atom is -0.393 e. The highest BCUT2D eigenvalue weighted by atomic mass is 32.2. The molecule has 1 atom stereocenters. The van der Waals surface area contributed by atoms with Gasteiger partial charge in [0.2, 0.25) is 10.0 Å². The van der Waals surface area contributed by atoms with Crippen LogP contribution >= 0.6 is 0 Å². The normalized spacial score (nSPS) is 30.1. The van der Waals surface area contributed by atoms with Crippen LogP contribution in [0.2, 0.25) is 0 Å². The van der Waals surface area contributed by atoms with Crippen molar-refractivity contribution in [2.24, 2.45) is 0 Å². The number of amides is 2. The molecule has 2 rings (SSSR count). The van der Waals surface area contributed by atoms with Crippen LogP contribution in [0.1, 0.15) is 44.9 Å². The number of piperidine rings is 1. The van der Waals surface area contributed by atoms with E-state index in [1.54, 1.807) is 4.90 Å². The standard InChI is InChI=1S/C14H27N3O4S/c1-22(20,21)15-10-12-4-2-3-9-17(12)14(19)16-11-5-7-13(18)8-6-11/h11-13,15,18H,2-10H2,1H3,(H,16,19)/t11?,12-,13?/m0/s1. The predicted octanol–water partition coefficient (Wildman–Crippen LogP) is 0.403. The summed E-state index contributed by atoms with van der Waals surface area (Å²) in [7, 11) is -3.24. The van der Waals surface area contributed by atoms with Gasteiger partial charge in [-0.2, -0.15) is 0 Å². The van der Waals surface area contributed by atoms with Gasteiger partial charge in [-0.25, -0.2) is 17.9 Å². The van der Waals surface area contributed by atoms with Crippen molar-refractivity contribution in [2.75, 3.05) is 19.3 Å². The molecule has 0 spiro atoms. The van der Waals surface area contributed by atoms with Gasteiger partial charge in [-0.1, -0.05) is 0 Å². The van der Waals surface area contributed by atoms with Crippen molar-refractivity contribution in [2.45, 2.75) is 63.1 Å². The second-order valence-electron chi connectivity index (χ2n) is 6.42. The van der Waals surface area contributed by atoms with Gasteiger partial charge < -0.3 is 15.3 Å². The van der Waals surface area contributed by atoms with Crippen molar-refractivity contribution in [1.82, 2.24) is 14.9 Å². The first-order valence-electron chi connectivity index (χ1n) is 8.05. The average molecular weight is 333 g/mol. The molecule has 0 aromatic heterocycles. The number of sulfonamides is 1. The lowest BCUT2D eigenvalue weighted by atomic mass is 9.93. The Bertz CT molecular complexity index is 474. The summed E-state index contributed by atoms with van der Waals surface area (Å²) in [5.74, 6) is 0. The molecular formula is C14H27N3O4S. The Balaban J connectivity index is 1.87. The molecule has 2 amide bonds. The SMILES string of the molecule is CS(=O)(=O)NC[C@@H]1CCCCN1C(=O)NC1CCC(O)CC1. The monoisotopic (exact) mass is 333 g/mol. The lowest BCUT2D eigenvalue weighted by Gasteiger charge is -2.37. The first-order chi connectivity index (χ1) is 10.3. The maximum atomic E-state index is 12.5. The van der Waals surface area contributed by atoms with Gasteiger partial charge in [0.25, 0.3) is 0 Å². The number of carbonyl (C=O) groups excluding carboxylic acids is 1. The third-order valence-electron chi connectivity index (χ3n) is 4.49. The first kappa shape index (κ1) is 17.5. The predicted molar refractivity (Wildman–Crippen MR) is 84.0 cm³/mol. The van der Waals surface area contributed by atoms with Crippen LogP contribution in [0, 0.1) is 0 Å². The molecule has 22 heavy (non-hydrogen) atoms. The van der Waals surface area contributed by atoms with Gasteiger partial charge in [0.05, 0.1) is 12.4 Å². The van der Waals surface area contributed by atoms with E-state index >= 15 is 0 Å². The molecule has 2 aliphatic rings. The second-order valence-corrected chi connectivity index (χ2v) is 8.25. The maximum absolute atomic E-state index is 12.5. The summed E-state index contributed by atoms with van der Waals surface area (Å²) >= 11 is 0. The Kier molecular flexibility index (Phi) is 6.05. The number of hydrogen-bond acceptors (Lipinski definition) is 4. The van der Waals surface area contributed by atoms with E-state index in [1.807, 2.05) is 0 Å². The van der Waals surface area contributed by atoms with E-state index in [9.17, 15) is 18.3 Å². The Morgan fingerprint density at radius 3 is 2.50 bits per heavy atom. The average Bonchev–Trinajstić information content (AvgIpc) is 2.47. The number of rotatable bonds is 4. The third-order valence-corrected chi connectivity index (χ3v) is 5.18. The fourth-order valence-electron chi connectivity index (χ4n) is 3.21. The first-order valence-corrected chi connectivity index (χ1v) is 9.94. The van der Waals surface area contributed by atoms with Gasteiger partial charge in [-0.15, -0.1) is 0 Å². The minimum absolute atomic E-state index is 0.0855. The number of hydrogen-bond donors (Lipinski definition) is 3. The van der Waals surface area contributed by atoms with E-state index in [4.69, 9.17) is 0 Å². The lowest BCUT2D eigenvalue weighted by Crippen LogP contribution is -2.54. The molecule has 0 aromatic carbocycles. The second kappa shape index (κ2) is 7.61. The molecule has 1 saturated carbocycles. The molecule has 7 nitrogen and oxygen atoms in total. The molecule has 0 aromatic rings. The van der Waals surface area contributed by atoms with Crippen LogP contribution in [0.25, 0.3) is 0 Å². The highest BCUT2D eigenvalue weighted by Gasteiger charge is 2.29. The third kappa shape index (κ3) is 5.40. The smallest absolute Gasteiger partial charge is 0.317 e. The van der Waals surface area contributed by atoms with Crippen LogP contribution in [0.15, 0.2) is 0 Å². The van der Waals surface area contributed by atoms with Crippen molar-refractivity contribution in [1.29, 1.82) is 0 Å². The Morgan fingerprint density at radius 1 is 1.18 bits per heavy atom. The summed E-state index contributed by atoms with van der Waals surface area (Å²) in [4.78, 5) is 14.2. The topological polar surface area (TPSA) is 98.7 Å². The zero-order valence-electron chi connectivity index (χ0n) is 13.1. The highest BCUT2D eigenvalue weighted by Crippen LogP contribution is 2.20. The summed E-state index contributed by atoms with van der Waals surface area (Å²) in [6, 6.07) is -0.0830. The van der Waals surface area contributed by atoms with Gasteiger partial charge in [0.1, 0.15) is 0 Å². The van der Waals surface area contributed by atoms with Gasteiger partial charge in [0.15, 0.2) is 0 Å². The van der Waals surface area contributed by atoms with E-state index < -0.39 is 10.0 Å². The molecular weight excluding hydrogens is 306 g/mol. The Morgan fingerprint density at radius 2 is 1.86 bits per heavy atom. The number of carbonyl (C=O) groups is 1. The summed E-state index contributed by atoms with van der Waals surface area (Å²) in [6.45, 7) is 0.937. The van der Waals surface area contributed by atoms with Crippen molar-refractivity contribution in [3.05, 3.63) is 0 Å². The van der Waals surface area contributed by atoms with E-state index in [1.165, 1.54) is 0 Å². The molecule has 0 bridgehead atoms.